The van der Waals surface area contributed by atoms with E-state index in [2.05, 4.69) is 21.8 Å². The van der Waals surface area contributed by atoms with Crippen LogP contribution in [0.2, 0.25) is 0 Å². The van der Waals surface area contributed by atoms with Crippen molar-refractivity contribution >= 4 is 29.9 Å². The Balaban J connectivity index is 2.14. The fraction of sp³-hybridized carbons (Fsp3) is 0.455. The Bertz CT molecular complexity index is 374. The number of ether oxygens (including phenoxy) is 1. The highest BCUT2D eigenvalue weighted by Crippen LogP contribution is 2.34. The normalized spacial score (nSPS) is 22.1. The summed E-state index contributed by atoms with van der Waals surface area (Å²) < 4.78 is 7.60. The molecule has 2 unspecified atom stereocenters. The standard InChI is InChI=1S/C11H17N2OPS2/c1-14-10-4-2-9(3-5-10)11-8-12-6-7-13(11)17-15-16/h2-5,11-12H,6-8,15H2,1H3. The highest BCUT2D eigenvalue weighted by atomic mass is 32.9. The second-order valence-electron chi connectivity index (χ2n) is 3.84. The van der Waals surface area contributed by atoms with Crippen molar-refractivity contribution in [3.05, 3.63) is 29.8 Å². The zero-order valence-corrected chi connectivity index (χ0v) is 12.5. The fourth-order valence-corrected chi connectivity index (χ4v) is 4.71. The van der Waals surface area contributed by atoms with E-state index in [4.69, 9.17) is 16.5 Å². The van der Waals surface area contributed by atoms with Crippen LogP contribution in [-0.2, 0) is 11.8 Å². The zero-order valence-electron chi connectivity index (χ0n) is 9.76. The van der Waals surface area contributed by atoms with E-state index < -0.39 is 0 Å². The molecule has 0 bridgehead atoms. The first-order valence-corrected chi connectivity index (χ1v) is 9.70. The average Bonchev–Trinajstić information content (AvgIpc) is 2.40. The molecule has 1 N–H and O–H groups in total. The van der Waals surface area contributed by atoms with Gasteiger partial charge >= 0.3 is 0 Å². The van der Waals surface area contributed by atoms with Crippen LogP contribution in [0.1, 0.15) is 11.6 Å². The summed E-state index contributed by atoms with van der Waals surface area (Å²) in [5, 5.41) is 3.44. The minimum Gasteiger partial charge on any atom is -0.497 e. The summed E-state index contributed by atoms with van der Waals surface area (Å²) in [6.45, 7) is 3.15. The molecular weight excluding hydrogens is 271 g/mol. The minimum absolute atomic E-state index is 0.0422. The lowest BCUT2D eigenvalue weighted by Gasteiger charge is -2.34. The summed E-state index contributed by atoms with van der Waals surface area (Å²) >= 11 is 6.96. The maximum Gasteiger partial charge on any atom is 0.118 e. The molecule has 1 aromatic rings. The van der Waals surface area contributed by atoms with Crippen molar-refractivity contribution in [3.63, 3.8) is 0 Å². The average molecular weight is 288 g/mol. The number of rotatable bonds is 4. The van der Waals surface area contributed by atoms with Gasteiger partial charge in [-0.2, -0.15) is 0 Å². The van der Waals surface area contributed by atoms with Crippen LogP contribution in [0.5, 0.6) is 5.75 Å². The molecule has 17 heavy (non-hydrogen) atoms. The van der Waals surface area contributed by atoms with Crippen LogP contribution in [0.3, 0.4) is 0 Å². The van der Waals surface area contributed by atoms with Crippen LogP contribution in [0.25, 0.3) is 0 Å². The summed E-state index contributed by atoms with van der Waals surface area (Å²) in [5.74, 6) is 0.908. The Labute approximate surface area is 113 Å². The molecule has 1 aliphatic rings. The smallest absolute Gasteiger partial charge is 0.118 e. The number of nitrogens with zero attached hydrogens (tertiary/aromatic N) is 1. The molecule has 0 spiro atoms. The van der Waals surface area contributed by atoms with E-state index in [0.717, 1.165) is 25.4 Å². The van der Waals surface area contributed by atoms with Crippen LogP contribution < -0.4 is 10.1 Å². The maximum atomic E-state index is 5.18. The van der Waals surface area contributed by atoms with Crippen molar-refractivity contribution in [3.8, 4) is 5.75 Å². The second-order valence-corrected chi connectivity index (χ2v) is 7.65. The van der Waals surface area contributed by atoms with Gasteiger partial charge in [0.2, 0.25) is 0 Å². The molecule has 3 nitrogen and oxygen atoms in total. The summed E-state index contributed by atoms with van der Waals surface area (Å²) in [6.07, 6.45) is 0. The molecule has 2 atom stereocenters. The third-order valence-electron chi connectivity index (χ3n) is 2.87. The van der Waals surface area contributed by atoms with Gasteiger partial charge in [0.05, 0.1) is 13.2 Å². The fourth-order valence-electron chi connectivity index (χ4n) is 1.98. The Hall–Kier alpha value is -0.0600. The first-order valence-electron chi connectivity index (χ1n) is 5.57. The van der Waals surface area contributed by atoms with Gasteiger partial charge in [-0.1, -0.05) is 23.9 Å². The largest absolute Gasteiger partial charge is 0.497 e. The lowest BCUT2D eigenvalue weighted by molar-refractivity contribution is 0.298. The predicted molar refractivity (Wildman–Crippen MR) is 80.0 cm³/mol. The highest BCUT2D eigenvalue weighted by molar-refractivity contribution is 8.56. The van der Waals surface area contributed by atoms with Crippen molar-refractivity contribution < 1.29 is 4.74 Å². The Morgan fingerprint density at radius 3 is 2.88 bits per heavy atom. The van der Waals surface area contributed by atoms with Crippen molar-refractivity contribution in [2.24, 2.45) is 0 Å². The highest BCUT2D eigenvalue weighted by Gasteiger charge is 2.23. The van der Waals surface area contributed by atoms with Crippen LogP contribution in [0, 0.1) is 0 Å². The Morgan fingerprint density at radius 2 is 2.24 bits per heavy atom. The second kappa shape index (κ2) is 6.76. The molecule has 0 amide bonds. The number of hydrogen-bond acceptors (Lipinski definition) is 5. The third-order valence-corrected chi connectivity index (χ3v) is 5.51. The lowest BCUT2D eigenvalue weighted by Crippen LogP contribution is -2.42. The van der Waals surface area contributed by atoms with E-state index in [-0.39, 0.29) is 6.56 Å². The Morgan fingerprint density at radius 1 is 1.47 bits per heavy atom. The minimum atomic E-state index is 0.0422. The molecule has 6 heteroatoms. The van der Waals surface area contributed by atoms with Gasteiger partial charge in [-0.25, -0.2) is 4.31 Å². The molecule has 1 saturated heterocycles. The molecule has 2 rings (SSSR count). The zero-order chi connectivity index (χ0) is 12.1. The summed E-state index contributed by atoms with van der Waals surface area (Å²) in [5.41, 5.74) is 1.33. The van der Waals surface area contributed by atoms with Crippen molar-refractivity contribution in [2.45, 2.75) is 6.04 Å². The molecule has 1 aliphatic heterocycles. The van der Waals surface area contributed by atoms with Gasteiger partial charge in [0.25, 0.3) is 0 Å². The van der Waals surface area contributed by atoms with E-state index >= 15 is 0 Å². The SMILES string of the molecule is COc1ccc(C2CNCCN2S[PH2]=S)cc1. The van der Waals surface area contributed by atoms with Crippen molar-refractivity contribution in [1.82, 2.24) is 9.62 Å². The van der Waals surface area contributed by atoms with Gasteiger partial charge in [0.15, 0.2) is 0 Å². The Kier molecular flexibility index (Phi) is 5.32. The van der Waals surface area contributed by atoms with E-state index in [9.17, 15) is 0 Å². The van der Waals surface area contributed by atoms with Crippen molar-refractivity contribution in [2.75, 3.05) is 26.7 Å². The van der Waals surface area contributed by atoms with Gasteiger partial charge < -0.3 is 10.1 Å². The van der Waals surface area contributed by atoms with Gasteiger partial charge in [-0.15, -0.1) is 0 Å². The van der Waals surface area contributed by atoms with Crippen molar-refractivity contribution in [1.29, 1.82) is 0 Å². The summed E-state index contributed by atoms with van der Waals surface area (Å²) in [6, 6.07) is 8.75. The van der Waals surface area contributed by atoms with Gasteiger partial charge in [-0.3, -0.25) is 0 Å². The number of methoxy groups -OCH3 is 1. The molecule has 0 aromatic heterocycles. The number of nitrogens with one attached hydrogen (secondary N) is 1. The molecule has 94 valence electrons. The van der Waals surface area contributed by atoms with E-state index in [1.807, 2.05) is 23.7 Å². The number of piperazine rings is 1. The summed E-state index contributed by atoms with van der Waals surface area (Å²) in [4.78, 5) is 0. The van der Waals surface area contributed by atoms with Gasteiger partial charge in [0.1, 0.15) is 5.75 Å². The molecule has 0 radical (unpaired) electrons. The van der Waals surface area contributed by atoms with Crippen LogP contribution in [0.4, 0.5) is 0 Å². The van der Waals surface area contributed by atoms with Gasteiger partial charge in [0, 0.05) is 19.6 Å². The van der Waals surface area contributed by atoms with E-state index in [1.165, 1.54) is 5.56 Å². The molecule has 0 saturated carbocycles. The van der Waals surface area contributed by atoms with E-state index in [0.29, 0.717) is 6.04 Å². The molecule has 1 aromatic carbocycles. The lowest BCUT2D eigenvalue weighted by atomic mass is 10.1. The molecule has 0 aliphatic carbocycles. The molecule has 1 fully saturated rings. The number of hydrogen-bond donors (Lipinski definition) is 1. The van der Waals surface area contributed by atoms with E-state index in [1.54, 1.807) is 7.11 Å². The first-order chi connectivity index (χ1) is 8.35. The molecule has 1 heterocycles. The quantitative estimate of drug-likeness (QED) is 0.675. The summed E-state index contributed by atoms with van der Waals surface area (Å²) in [7, 11) is 1.69. The predicted octanol–water partition coefficient (Wildman–Crippen LogP) is 2.08. The number of benzene rings is 1. The first kappa shape index (κ1) is 13.4. The van der Waals surface area contributed by atoms with Gasteiger partial charge in [-0.05, 0) is 35.8 Å². The topological polar surface area (TPSA) is 24.5 Å². The van der Waals surface area contributed by atoms with Crippen LogP contribution in [-0.4, -0.2) is 31.0 Å². The maximum absolute atomic E-state index is 5.18. The monoisotopic (exact) mass is 288 g/mol. The third kappa shape index (κ3) is 3.46. The van der Waals surface area contributed by atoms with Crippen LogP contribution in [0.15, 0.2) is 24.3 Å². The molecular formula is C11H17N2OPS2. The van der Waals surface area contributed by atoms with Crippen LogP contribution >= 0.6 is 18.1 Å².